The molecule has 9 nitrogen and oxygen atoms in total. The van der Waals surface area contributed by atoms with Crippen LogP contribution in [-0.4, -0.2) is 102 Å². The molecule has 230 valence electrons. The molecular weight excluding hydrogens is 583 g/mol. The minimum absolute atomic E-state index is 0.152. The summed E-state index contributed by atoms with van der Waals surface area (Å²) in [5.74, 6) is 0.670. The number of anilines is 1. The number of hydrogen-bond donors (Lipinski definition) is 1. The number of ether oxygens (including phenoxy) is 2. The van der Waals surface area contributed by atoms with E-state index in [1.807, 2.05) is 41.3 Å². The maximum Gasteiger partial charge on any atom is 0.264 e. The third-order valence-electron chi connectivity index (χ3n) is 8.49. The van der Waals surface area contributed by atoms with Crippen molar-refractivity contribution >= 4 is 55.6 Å². The van der Waals surface area contributed by atoms with Crippen molar-refractivity contribution in [2.75, 3.05) is 65.3 Å². The summed E-state index contributed by atoms with van der Waals surface area (Å²) in [6.45, 7) is 7.96. The Labute approximate surface area is 263 Å². The topological polar surface area (TPSA) is 87.2 Å². The van der Waals surface area contributed by atoms with Crippen LogP contribution in [0.5, 0.6) is 11.5 Å². The molecule has 2 saturated heterocycles. The van der Waals surface area contributed by atoms with Gasteiger partial charge < -0.3 is 19.3 Å². The number of amides is 2. The highest BCUT2D eigenvalue weighted by molar-refractivity contribution is 7.80. The third kappa shape index (κ3) is 7.89. The molecule has 1 atom stereocenters. The van der Waals surface area contributed by atoms with Crippen molar-refractivity contribution in [3.05, 3.63) is 48.0 Å². The number of para-hydroxylation sites is 1. The molecule has 11 heteroatoms. The van der Waals surface area contributed by atoms with Crippen LogP contribution in [0.25, 0.3) is 10.2 Å². The van der Waals surface area contributed by atoms with Gasteiger partial charge in [-0.05, 0) is 68.6 Å². The van der Waals surface area contributed by atoms with Gasteiger partial charge in [-0.1, -0.05) is 42.6 Å². The first-order chi connectivity index (χ1) is 20.8. The number of rotatable bonds is 11. The summed E-state index contributed by atoms with van der Waals surface area (Å²) in [4.78, 5) is 38.2. The lowest BCUT2D eigenvalue weighted by molar-refractivity contribution is -0.137. The van der Waals surface area contributed by atoms with Crippen LogP contribution in [0.1, 0.15) is 38.2 Å². The molecule has 0 spiro atoms. The fraction of sp³-hybridized carbons (Fsp3) is 0.500. The molecule has 2 amide bonds. The second-order valence-corrected chi connectivity index (χ2v) is 12.8. The Morgan fingerprint density at radius 3 is 2.51 bits per heavy atom. The highest BCUT2D eigenvalue weighted by Crippen LogP contribution is 2.31. The summed E-state index contributed by atoms with van der Waals surface area (Å²) in [5, 5.41) is 3.33. The van der Waals surface area contributed by atoms with Gasteiger partial charge in [0.15, 0.2) is 23.2 Å². The molecule has 5 rings (SSSR count). The lowest BCUT2D eigenvalue weighted by Crippen LogP contribution is -2.53. The highest BCUT2D eigenvalue weighted by atomic mass is 32.1. The minimum Gasteiger partial charge on any atom is -0.493 e. The predicted molar refractivity (Wildman–Crippen MR) is 176 cm³/mol. The zero-order valence-electron chi connectivity index (χ0n) is 25.2. The molecule has 0 aliphatic carbocycles. The number of likely N-dealkylation sites (N-methyl/N-ethyl adjacent to an activating group) is 1. The number of carbonyl (C=O) groups is 2. The zero-order valence-corrected chi connectivity index (χ0v) is 26.8. The van der Waals surface area contributed by atoms with E-state index in [1.165, 1.54) is 11.3 Å². The number of benzene rings is 2. The van der Waals surface area contributed by atoms with E-state index >= 15 is 0 Å². The summed E-state index contributed by atoms with van der Waals surface area (Å²) in [5.41, 5.74) is 1.66. The van der Waals surface area contributed by atoms with Crippen LogP contribution in [0, 0.1) is 5.92 Å². The first-order valence-corrected chi connectivity index (χ1v) is 16.3. The second kappa shape index (κ2) is 14.6. The molecule has 1 aromatic heterocycles. The van der Waals surface area contributed by atoms with Crippen molar-refractivity contribution in [1.82, 2.24) is 19.7 Å². The van der Waals surface area contributed by atoms with E-state index in [0.717, 1.165) is 74.3 Å². The van der Waals surface area contributed by atoms with Gasteiger partial charge in [0.25, 0.3) is 5.91 Å². The average molecular weight is 624 g/mol. The average Bonchev–Trinajstić information content (AvgIpc) is 3.44. The Morgan fingerprint density at radius 2 is 1.81 bits per heavy atom. The Hall–Kier alpha value is -3.12. The van der Waals surface area contributed by atoms with Gasteiger partial charge in [0, 0.05) is 56.1 Å². The molecule has 2 aliphatic rings. The largest absolute Gasteiger partial charge is 0.493 e. The van der Waals surface area contributed by atoms with Crippen molar-refractivity contribution in [1.29, 1.82) is 0 Å². The van der Waals surface area contributed by atoms with Gasteiger partial charge in [0.05, 0.1) is 17.3 Å². The molecule has 2 aromatic carbocycles. The van der Waals surface area contributed by atoms with Crippen LogP contribution >= 0.6 is 23.6 Å². The smallest absolute Gasteiger partial charge is 0.264 e. The number of fused-ring (bicyclic) bond motifs is 1. The van der Waals surface area contributed by atoms with Crippen LogP contribution in [-0.2, 0) is 9.59 Å². The maximum atomic E-state index is 13.5. The molecule has 2 fully saturated rings. The molecule has 3 aromatic rings. The van der Waals surface area contributed by atoms with Crippen LogP contribution in [0.15, 0.2) is 42.5 Å². The van der Waals surface area contributed by atoms with Crippen molar-refractivity contribution in [2.45, 2.75) is 38.6 Å². The number of methoxy groups -OCH3 is 1. The fourth-order valence-corrected chi connectivity index (χ4v) is 7.04. The monoisotopic (exact) mass is 623 g/mol. The Kier molecular flexibility index (Phi) is 10.6. The van der Waals surface area contributed by atoms with Crippen molar-refractivity contribution in [3.63, 3.8) is 0 Å². The van der Waals surface area contributed by atoms with Gasteiger partial charge in [-0.15, -0.1) is 0 Å². The van der Waals surface area contributed by atoms with Crippen LogP contribution < -0.4 is 14.8 Å². The number of nitrogens with zero attached hydrogens (tertiary/aromatic N) is 4. The van der Waals surface area contributed by atoms with Gasteiger partial charge in [-0.2, -0.15) is 0 Å². The number of likely N-dealkylation sites (tertiary alicyclic amines) is 1. The standard InChI is InChI=1S/C32H41N5O4S2/c1-4-22(31(39)37-13-11-24(12-14-37)36-17-15-35(2)16-18-36)20-28(42)23-9-10-26(27(19-23)40-3)41-21-30(38)34-32-33-25-7-5-6-8-29(25)43-32/h5-10,19,22,24H,4,11-18,20-21H2,1-3H3,(H,33,34,38). The van der Waals surface area contributed by atoms with Crippen LogP contribution in [0.3, 0.4) is 0 Å². The van der Waals surface area contributed by atoms with Gasteiger partial charge >= 0.3 is 0 Å². The number of carbonyl (C=O) groups excluding carboxylic acids is 2. The summed E-state index contributed by atoms with van der Waals surface area (Å²) < 4.78 is 12.3. The van der Waals surface area contributed by atoms with Gasteiger partial charge in [0.1, 0.15) is 0 Å². The number of nitrogens with one attached hydrogen (secondary N) is 1. The Bertz CT molecular complexity index is 1400. The van der Waals surface area contributed by atoms with E-state index in [-0.39, 0.29) is 24.3 Å². The van der Waals surface area contributed by atoms with Crippen molar-refractivity contribution < 1.29 is 19.1 Å². The summed E-state index contributed by atoms with van der Waals surface area (Å²) in [7, 11) is 3.74. The maximum absolute atomic E-state index is 13.5. The van der Waals surface area contributed by atoms with E-state index in [2.05, 4.69) is 34.1 Å². The van der Waals surface area contributed by atoms with E-state index in [1.54, 1.807) is 13.2 Å². The number of thiocarbonyl (C=S) groups is 1. The molecule has 0 bridgehead atoms. The number of piperidine rings is 1. The summed E-state index contributed by atoms with van der Waals surface area (Å²) in [6.07, 6.45) is 3.32. The predicted octanol–water partition coefficient (Wildman–Crippen LogP) is 4.70. The van der Waals surface area contributed by atoms with Gasteiger partial charge in [-0.25, -0.2) is 4.98 Å². The normalized spacial score (nSPS) is 17.5. The molecule has 0 radical (unpaired) electrons. The van der Waals surface area contributed by atoms with Crippen LogP contribution in [0.2, 0.25) is 0 Å². The van der Waals surface area contributed by atoms with Crippen LogP contribution in [0.4, 0.5) is 5.13 Å². The zero-order chi connectivity index (χ0) is 30.3. The molecular formula is C32H41N5O4S2. The Balaban J connectivity index is 1.12. The number of piperazine rings is 1. The summed E-state index contributed by atoms with van der Waals surface area (Å²) in [6, 6.07) is 13.8. The molecule has 2 aliphatic heterocycles. The second-order valence-electron chi connectivity index (χ2n) is 11.3. The molecule has 1 unspecified atom stereocenters. The molecule has 43 heavy (non-hydrogen) atoms. The van der Waals surface area contributed by atoms with E-state index in [0.29, 0.717) is 34.0 Å². The third-order valence-corrected chi connectivity index (χ3v) is 9.84. The highest BCUT2D eigenvalue weighted by Gasteiger charge is 2.31. The first-order valence-electron chi connectivity index (χ1n) is 15.1. The lowest BCUT2D eigenvalue weighted by atomic mass is 9.93. The number of thiazole rings is 1. The lowest BCUT2D eigenvalue weighted by Gasteiger charge is -2.42. The van der Waals surface area contributed by atoms with E-state index in [9.17, 15) is 9.59 Å². The number of hydrogen-bond acceptors (Lipinski definition) is 9. The summed E-state index contributed by atoms with van der Waals surface area (Å²) >= 11 is 7.22. The quantitative estimate of drug-likeness (QED) is 0.243. The van der Waals surface area contributed by atoms with E-state index < -0.39 is 0 Å². The van der Waals surface area contributed by atoms with E-state index in [4.69, 9.17) is 21.7 Å². The van der Waals surface area contributed by atoms with Gasteiger partial charge in [0.2, 0.25) is 5.91 Å². The SMILES string of the molecule is CCC(CC(=S)c1ccc(OCC(=O)Nc2nc3ccccc3s2)c(OC)c1)C(=O)N1CCC(N2CCN(C)CC2)CC1. The molecule has 0 saturated carbocycles. The van der Waals surface area contributed by atoms with Gasteiger partial charge in [-0.3, -0.25) is 19.8 Å². The Morgan fingerprint density at radius 1 is 1.07 bits per heavy atom. The fourth-order valence-electron chi connectivity index (χ4n) is 5.83. The van der Waals surface area contributed by atoms with Crippen molar-refractivity contribution in [2.24, 2.45) is 5.92 Å². The van der Waals surface area contributed by atoms with Crippen molar-refractivity contribution in [3.8, 4) is 11.5 Å². The molecule has 3 heterocycles. The number of aromatic nitrogens is 1. The minimum atomic E-state index is -0.308. The first kappa shape index (κ1) is 31.3. The molecule has 1 N–H and O–H groups in total.